The topological polar surface area (TPSA) is 59.3 Å². The first kappa shape index (κ1) is 18.3. The van der Waals surface area contributed by atoms with E-state index < -0.39 is 5.79 Å². The minimum Gasteiger partial charge on any atom is -0.347 e. The first-order chi connectivity index (χ1) is 13.7. The van der Waals surface area contributed by atoms with Crippen LogP contribution in [0.2, 0.25) is 0 Å². The summed E-state index contributed by atoms with van der Waals surface area (Å²) in [6.07, 6.45) is 8.92. The number of nitrogens with zero attached hydrogens (tertiary/aromatic N) is 1. The first-order valence-electron chi connectivity index (χ1n) is 11.3. The predicted molar refractivity (Wildman–Crippen MR) is 107 cm³/mol. The average molecular weight is 394 g/mol. The van der Waals surface area contributed by atoms with Crippen molar-refractivity contribution in [2.75, 3.05) is 6.61 Å². The number of ether oxygens (including phenoxy) is 2. The Morgan fingerprint density at radius 3 is 2.72 bits per heavy atom. The highest BCUT2D eigenvalue weighted by molar-refractivity contribution is 5.83. The second-order valence-corrected chi connectivity index (χ2v) is 11.4. The normalized spacial score (nSPS) is 53.9. The number of hydrogen-bond donors (Lipinski definition) is 0. The second kappa shape index (κ2) is 5.24. The van der Waals surface area contributed by atoms with Crippen LogP contribution in [-0.2, 0) is 14.3 Å². The van der Waals surface area contributed by atoms with Crippen molar-refractivity contribution in [2.45, 2.75) is 71.2 Å². The van der Waals surface area contributed by atoms with E-state index in [9.17, 15) is 10.1 Å². The molecule has 0 amide bonds. The fourth-order valence-electron chi connectivity index (χ4n) is 8.26. The van der Waals surface area contributed by atoms with Gasteiger partial charge in [-0.1, -0.05) is 37.1 Å². The molecule has 4 fully saturated rings. The molecule has 6 rings (SSSR count). The van der Waals surface area contributed by atoms with Gasteiger partial charge in [-0.05, 0) is 50.9 Å². The Balaban J connectivity index is 1.48. The molecule has 0 N–H and O–H groups in total. The van der Waals surface area contributed by atoms with Crippen molar-refractivity contribution in [1.29, 1.82) is 5.26 Å². The van der Waals surface area contributed by atoms with Gasteiger partial charge < -0.3 is 9.47 Å². The van der Waals surface area contributed by atoms with Crippen LogP contribution in [0.15, 0.2) is 23.3 Å². The van der Waals surface area contributed by atoms with E-state index >= 15 is 0 Å². The fraction of sp³-hybridized carbons (Fsp3) is 0.760. The molecule has 0 aromatic rings. The molecule has 3 saturated carbocycles. The van der Waals surface area contributed by atoms with Gasteiger partial charge in [-0.15, -0.1) is 0 Å². The average Bonchev–Trinajstić information content (AvgIpc) is 3.33. The maximum absolute atomic E-state index is 12.2. The lowest BCUT2D eigenvalue weighted by molar-refractivity contribution is -0.197. The minimum atomic E-state index is -0.529. The van der Waals surface area contributed by atoms with E-state index in [1.165, 1.54) is 17.6 Å². The lowest BCUT2D eigenvalue weighted by atomic mass is 9.48. The molecular formula is C25H31NO3. The Bertz CT molecular complexity index is 925. The van der Waals surface area contributed by atoms with Gasteiger partial charge in [-0.2, -0.15) is 5.26 Å². The van der Waals surface area contributed by atoms with Gasteiger partial charge >= 0.3 is 0 Å². The molecule has 2 unspecified atom stereocenters. The number of hydrogen-bond acceptors (Lipinski definition) is 4. The molecule has 0 radical (unpaired) electrons. The molecule has 1 spiro atoms. The van der Waals surface area contributed by atoms with Crippen LogP contribution >= 0.6 is 0 Å². The zero-order valence-corrected chi connectivity index (χ0v) is 18.0. The number of carbonyl (C=O) groups excluding carboxylic acids is 1. The summed E-state index contributed by atoms with van der Waals surface area (Å²) in [5, 5.41) is 10.2. The summed E-state index contributed by atoms with van der Waals surface area (Å²) >= 11 is 0. The van der Waals surface area contributed by atoms with Crippen LogP contribution in [0.4, 0.5) is 0 Å². The van der Waals surface area contributed by atoms with Crippen LogP contribution in [0.5, 0.6) is 0 Å². The van der Waals surface area contributed by atoms with Gasteiger partial charge in [-0.25, -0.2) is 0 Å². The molecule has 6 aliphatic rings. The zero-order chi connectivity index (χ0) is 20.4. The SMILES string of the molecule is CC1(C)OC[C@]2(O1)[C@H]1C[C@H]1C1C3C(=CC[C@@]12C)[C@@]1(C)CCC(=O)CC1=C[C@H]3C#N. The molecule has 1 aliphatic heterocycles. The molecular weight excluding hydrogens is 362 g/mol. The molecule has 4 heteroatoms. The van der Waals surface area contributed by atoms with E-state index in [4.69, 9.17) is 9.47 Å². The minimum absolute atomic E-state index is 0.00378. The van der Waals surface area contributed by atoms with E-state index in [0.29, 0.717) is 43.0 Å². The van der Waals surface area contributed by atoms with Crippen LogP contribution in [0.3, 0.4) is 0 Å². The molecule has 1 heterocycles. The maximum Gasteiger partial charge on any atom is 0.163 e. The monoisotopic (exact) mass is 393 g/mol. The maximum atomic E-state index is 12.2. The molecule has 4 nitrogen and oxygen atoms in total. The summed E-state index contributed by atoms with van der Waals surface area (Å²) in [6.45, 7) is 9.48. The number of fused-ring (bicyclic) bond motifs is 9. The molecule has 0 aromatic heterocycles. The largest absolute Gasteiger partial charge is 0.347 e. The van der Waals surface area contributed by atoms with Crippen LogP contribution in [0, 0.1) is 51.8 Å². The van der Waals surface area contributed by atoms with E-state index in [2.05, 4.69) is 32.1 Å². The Labute approximate surface area is 173 Å². The van der Waals surface area contributed by atoms with Gasteiger partial charge in [0.15, 0.2) is 5.79 Å². The fourth-order valence-corrected chi connectivity index (χ4v) is 8.26. The molecule has 0 bridgehead atoms. The van der Waals surface area contributed by atoms with E-state index in [0.717, 1.165) is 12.8 Å². The van der Waals surface area contributed by atoms with Gasteiger partial charge in [0.25, 0.3) is 0 Å². The smallest absolute Gasteiger partial charge is 0.163 e. The van der Waals surface area contributed by atoms with Crippen molar-refractivity contribution < 1.29 is 14.3 Å². The third-order valence-electron chi connectivity index (χ3n) is 9.71. The Morgan fingerprint density at radius 2 is 2.03 bits per heavy atom. The van der Waals surface area contributed by atoms with Gasteiger partial charge in [0.2, 0.25) is 0 Å². The highest BCUT2D eigenvalue weighted by atomic mass is 16.8. The Morgan fingerprint density at radius 1 is 1.24 bits per heavy atom. The van der Waals surface area contributed by atoms with Gasteiger partial charge in [-0.3, -0.25) is 4.79 Å². The Hall–Kier alpha value is -1.44. The Kier molecular flexibility index (Phi) is 3.31. The van der Waals surface area contributed by atoms with Crippen LogP contribution in [0.1, 0.15) is 59.8 Å². The summed E-state index contributed by atoms with van der Waals surface area (Å²) in [5.41, 5.74) is 2.40. The quantitative estimate of drug-likeness (QED) is 0.566. The van der Waals surface area contributed by atoms with Gasteiger partial charge in [0, 0.05) is 29.6 Å². The summed E-state index contributed by atoms with van der Waals surface area (Å²) in [5.74, 6) is 1.56. The summed E-state index contributed by atoms with van der Waals surface area (Å²) < 4.78 is 12.9. The summed E-state index contributed by atoms with van der Waals surface area (Å²) in [6, 6.07) is 2.63. The molecule has 154 valence electrons. The summed E-state index contributed by atoms with van der Waals surface area (Å²) in [4.78, 5) is 12.2. The number of rotatable bonds is 0. The lowest BCUT2D eigenvalue weighted by Gasteiger charge is -2.56. The number of nitriles is 1. The van der Waals surface area contributed by atoms with Crippen molar-refractivity contribution >= 4 is 5.78 Å². The number of ketones is 1. The van der Waals surface area contributed by atoms with E-state index in [1.807, 2.05) is 13.8 Å². The third kappa shape index (κ3) is 2.04. The predicted octanol–water partition coefficient (Wildman–Crippen LogP) is 4.57. The van der Waals surface area contributed by atoms with E-state index in [-0.39, 0.29) is 28.3 Å². The third-order valence-corrected chi connectivity index (χ3v) is 9.71. The van der Waals surface area contributed by atoms with Crippen LogP contribution in [-0.4, -0.2) is 23.8 Å². The second-order valence-electron chi connectivity index (χ2n) is 11.4. The van der Waals surface area contributed by atoms with Crippen molar-refractivity contribution in [2.24, 2.45) is 40.4 Å². The summed E-state index contributed by atoms with van der Waals surface area (Å²) in [7, 11) is 0. The molecule has 0 aromatic carbocycles. The zero-order valence-electron chi connectivity index (χ0n) is 18.0. The van der Waals surface area contributed by atoms with Gasteiger partial charge in [0.05, 0.1) is 18.6 Å². The highest BCUT2D eigenvalue weighted by Crippen LogP contribution is 2.78. The standard InChI is InChI=1S/C25H31NO3/c1-22(2)28-13-25(29-22)19-11-17(19)21-20-14(12-26)9-15-10-16(27)5-7-23(15,3)18(20)6-8-24(21,25)4/h6,9,14,17,19-21H,5,7-8,10-11,13H2,1-4H3/t14-,17+,19-,20?,21?,23-,24-,25-/m0/s1. The number of carbonyl (C=O) groups is 1. The molecule has 29 heavy (non-hydrogen) atoms. The first-order valence-corrected chi connectivity index (χ1v) is 11.3. The molecule has 5 aliphatic carbocycles. The van der Waals surface area contributed by atoms with Crippen molar-refractivity contribution in [3.05, 3.63) is 23.3 Å². The molecule has 1 saturated heterocycles. The van der Waals surface area contributed by atoms with Gasteiger partial charge in [0.1, 0.15) is 11.4 Å². The number of allylic oxidation sites excluding steroid dienone is 4. The van der Waals surface area contributed by atoms with Crippen molar-refractivity contribution in [1.82, 2.24) is 0 Å². The van der Waals surface area contributed by atoms with Crippen molar-refractivity contribution in [3.8, 4) is 6.07 Å². The number of Topliss-reactive ketones (excluding diaryl/α,β-unsaturated/α-hetero) is 1. The van der Waals surface area contributed by atoms with E-state index in [1.54, 1.807) is 0 Å². The molecule has 8 atom stereocenters. The van der Waals surface area contributed by atoms with Crippen molar-refractivity contribution in [3.63, 3.8) is 0 Å². The van der Waals surface area contributed by atoms with Crippen LogP contribution < -0.4 is 0 Å². The highest BCUT2D eigenvalue weighted by Gasteiger charge is 2.79. The lowest BCUT2D eigenvalue weighted by Crippen LogP contribution is -2.56. The van der Waals surface area contributed by atoms with Crippen LogP contribution in [0.25, 0.3) is 0 Å².